The van der Waals surface area contributed by atoms with Crippen molar-refractivity contribution in [2.45, 2.75) is 38.1 Å². The molecule has 1 aliphatic heterocycles. The van der Waals surface area contributed by atoms with Gasteiger partial charge in [-0.05, 0) is 12.8 Å². The summed E-state index contributed by atoms with van der Waals surface area (Å²) in [5, 5.41) is 0. The second-order valence-corrected chi connectivity index (χ2v) is 3.60. The van der Waals surface area contributed by atoms with Gasteiger partial charge in [0.1, 0.15) is 6.61 Å². The van der Waals surface area contributed by atoms with Crippen LogP contribution >= 0.6 is 0 Å². The lowest BCUT2D eigenvalue weighted by atomic mass is 9.94. The second-order valence-electron chi connectivity index (χ2n) is 3.60. The lowest BCUT2D eigenvalue weighted by Gasteiger charge is -2.28. The Bertz CT molecular complexity index is 207. The predicted molar refractivity (Wildman–Crippen MR) is 54.8 cm³/mol. The molecular formula is C11H17NO2. The monoisotopic (exact) mass is 195 g/mol. The zero-order valence-electron chi connectivity index (χ0n) is 8.45. The number of hydrogen-bond acceptors (Lipinski definition) is 2. The first-order chi connectivity index (χ1) is 6.88. The minimum absolute atomic E-state index is 0.0955. The maximum atomic E-state index is 11.2. The first-order valence-electron chi connectivity index (χ1n) is 5.14. The van der Waals surface area contributed by atoms with E-state index < -0.39 is 0 Å². The fraction of sp³-hybridized carbons (Fsp3) is 0.727. The molecule has 14 heavy (non-hydrogen) atoms. The van der Waals surface area contributed by atoms with Crippen LogP contribution in [0, 0.1) is 12.8 Å². The minimum Gasteiger partial charge on any atom is -0.448 e. The molecular weight excluding hydrogens is 178 g/mol. The number of ether oxygens (including phenoxy) is 1. The largest absolute Gasteiger partial charge is 0.448 e. The molecule has 2 rings (SSSR count). The van der Waals surface area contributed by atoms with E-state index in [9.17, 15) is 4.79 Å². The van der Waals surface area contributed by atoms with Crippen LogP contribution in [0.15, 0.2) is 0 Å². The van der Waals surface area contributed by atoms with Crippen molar-refractivity contribution >= 4 is 6.09 Å². The topological polar surface area (TPSA) is 29.5 Å². The Balaban J connectivity index is 0.000000461. The van der Waals surface area contributed by atoms with Gasteiger partial charge in [0.2, 0.25) is 0 Å². The molecule has 2 aliphatic rings. The summed E-state index contributed by atoms with van der Waals surface area (Å²) in [6.45, 7) is 1.40. The lowest BCUT2D eigenvalue weighted by Crippen LogP contribution is -2.37. The molecule has 0 aromatic heterocycles. The maximum Gasteiger partial charge on any atom is 0.410 e. The number of cyclic esters (lactones) is 1. The molecule has 1 heterocycles. The molecule has 1 saturated carbocycles. The van der Waals surface area contributed by atoms with Crippen LogP contribution in [-0.4, -0.2) is 30.2 Å². The van der Waals surface area contributed by atoms with Crippen molar-refractivity contribution < 1.29 is 9.53 Å². The van der Waals surface area contributed by atoms with Gasteiger partial charge in [0.15, 0.2) is 0 Å². The molecule has 1 saturated heterocycles. The number of nitrogens with zero attached hydrogens (tertiary/aromatic N) is 1. The summed E-state index contributed by atoms with van der Waals surface area (Å²) >= 11 is 0. The van der Waals surface area contributed by atoms with Crippen molar-refractivity contribution in [2.24, 2.45) is 0 Å². The van der Waals surface area contributed by atoms with E-state index in [1.165, 1.54) is 32.1 Å². The van der Waals surface area contributed by atoms with Gasteiger partial charge in [0.25, 0.3) is 0 Å². The predicted octanol–water partition coefficient (Wildman–Crippen LogP) is 2.02. The average molecular weight is 195 g/mol. The maximum absolute atomic E-state index is 11.2. The van der Waals surface area contributed by atoms with Crippen molar-refractivity contribution in [3.05, 3.63) is 0 Å². The third-order valence-electron chi connectivity index (χ3n) is 2.81. The van der Waals surface area contributed by atoms with Gasteiger partial charge in [-0.2, -0.15) is 0 Å². The Hall–Kier alpha value is -1.17. The van der Waals surface area contributed by atoms with Gasteiger partial charge in [-0.3, -0.25) is 0 Å². The number of amides is 1. The van der Waals surface area contributed by atoms with Gasteiger partial charge >= 0.3 is 6.09 Å². The molecule has 0 spiro atoms. The summed E-state index contributed by atoms with van der Waals surface area (Å²) in [5.74, 6) is 0. The fourth-order valence-electron chi connectivity index (χ4n) is 2.13. The number of terminal acetylenes is 1. The molecule has 0 atom stereocenters. The van der Waals surface area contributed by atoms with Crippen molar-refractivity contribution in [1.82, 2.24) is 4.90 Å². The summed E-state index contributed by atoms with van der Waals surface area (Å²) in [6.07, 6.45) is 14.1. The van der Waals surface area contributed by atoms with Gasteiger partial charge in [-0.1, -0.05) is 19.3 Å². The zero-order chi connectivity index (χ0) is 10.4. The molecule has 3 heteroatoms. The van der Waals surface area contributed by atoms with Gasteiger partial charge in [0, 0.05) is 6.04 Å². The van der Waals surface area contributed by atoms with Crippen LogP contribution < -0.4 is 0 Å². The molecule has 1 aliphatic carbocycles. The number of rotatable bonds is 1. The quantitative estimate of drug-likeness (QED) is 0.599. The summed E-state index contributed by atoms with van der Waals surface area (Å²) in [5.41, 5.74) is 0. The van der Waals surface area contributed by atoms with Crippen LogP contribution in [0.2, 0.25) is 0 Å². The highest BCUT2D eigenvalue weighted by Crippen LogP contribution is 2.24. The zero-order valence-corrected chi connectivity index (χ0v) is 8.45. The van der Waals surface area contributed by atoms with Gasteiger partial charge in [0.05, 0.1) is 6.54 Å². The van der Waals surface area contributed by atoms with Crippen LogP contribution in [0.1, 0.15) is 32.1 Å². The molecule has 0 unspecified atom stereocenters. The SMILES string of the molecule is C#C.O=C1OCCN1C1CCCCC1. The Morgan fingerprint density at radius 3 is 2.36 bits per heavy atom. The normalized spacial score (nSPS) is 22.4. The van der Waals surface area contributed by atoms with Crippen molar-refractivity contribution in [3.63, 3.8) is 0 Å². The molecule has 2 fully saturated rings. The van der Waals surface area contributed by atoms with Crippen molar-refractivity contribution in [3.8, 4) is 12.8 Å². The Morgan fingerprint density at radius 2 is 1.86 bits per heavy atom. The van der Waals surface area contributed by atoms with E-state index in [0.717, 1.165) is 6.54 Å². The van der Waals surface area contributed by atoms with E-state index in [1.54, 1.807) is 0 Å². The average Bonchev–Trinajstić information content (AvgIpc) is 2.69. The number of carbonyl (C=O) groups excluding carboxylic acids is 1. The van der Waals surface area contributed by atoms with Crippen molar-refractivity contribution in [1.29, 1.82) is 0 Å². The first-order valence-corrected chi connectivity index (χ1v) is 5.14. The molecule has 0 radical (unpaired) electrons. The van der Waals surface area contributed by atoms with Crippen LogP contribution in [0.5, 0.6) is 0 Å². The van der Waals surface area contributed by atoms with E-state index in [4.69, 9.17) is 4.74 Å². The number of hydrogen-bond donors (Lipinski definition) is 0. The highest BCUT2D eigenvalue weighted by atomic mass is 16.6. The molecule has 1 amide bonds. The van der Waals surface area contributed by atoms with Gasteiger partial charge in [-0.15, -0.1) is 12.8 Å². The van der Waals surface area contributed by atoms with Gasteiger partial charge in [-0.25, -0.2) is 4.79 Å². The molecule has 3 nitrogen and oxygen atoms in total. The Labute approximate surface area is 85.4 Å². The van der Waals surface area contributed by atoms with Crippen LogP contribution in [0.3, 0.4) is 0 Å². The fourth-order valence-corrected chi connectivity index (χ4v) is 2.13. The summed E-state index contributed by atoms with van der Waals surface area (Å²) in [4.78, 5) is 13.1. The second kappa shape index (κ2) is 5.54. The van der Waals surface area contributed by atoms with Crippen LogP contribution in [0.4, 0.5) is 4.79 Å². The number of carbonyl (C=O) groups is 1. The van der Waals surface area contributed by atoms with Crippen LogP contribution in [-0.2, 0) is 4.74 Å². The summed E-state index contributed by atoms with van der Waals surface area (Å²) in [6, 6.07) is 0.480. The molecule has 0 aromatic rings. The molecule has 0 bridgehead atoms. The third-order valence-corrected chi connectivity index (χ3v) is 2.81. The highest BCUT2D eigenvalue weighted by Gasteiger charge is 2.30. The van der Waals surface area contributed by atoms with Crippen LogP contribution in [0.25, 0.3) is 0 Å². The van der Waals surface area contributed by atoms with E-state index in [0.29, 0.717) is 12.6 Å². The van der Waals surface area contributed by atoms with Crippen molar-refractivity contribution in [2.75, 3.05) is 13.2 Å². The molecule has 78 valence electrons. The minimum atomic E-state index is -0.0955. The van der Waals surface area contributed by atoms with Gasteiger partial charge < -0.3 is 9.64 Å². The molecule has 0 N–H and O–H groups in total. The first kappa shape index (κ1) is 10.9. The van der Waals surface area contributed by atoms with E-state index in [2.05, 4.69) is 12.8 Å². The van der Waals surface area contributed by atoms with E-state index in [1.807, 2.05) is 4.90 Å². The van der Waals surface area contributed by atoms with E-state index >= 15 is 0 Å². The standard InChI is InChI=1S/C9H15NO2.C2H2/c11-9-10(6-7-12-9)8-4-2-1-3-5-8;1-2/h8H,1-7H2;1-2H. The Kier molecular flexibility index (Phi) is 4.31. The molecule has 0 aromatic carbocycles. The van der Waals surface area contributed by atoms with E-state index in [-0.39, 0.29) is 6.09 Å². The lowest BCUT2D eigenvalue weighted by molar-refractivity contribution is 0.139. The third kappa shape index (κ3) is 2.41. The Morgan fingerprint density at radius 1 is 1.21 bits per heavy atom. The summed E-state index contributed by atoms with van der Waals surface area (Å²) < 4.78 is 4.91. The smallest absolute Gasteiger partial charge is 0.410 e. The highest BCUT2D eigenvalue weighted by molar-refractivity contribution is 5.69. The summed E-state index contributed by atoms with van der Waals surface area (Å²) in [7, 11) is 0.